The Kier molecular flexibility index (Phi) is 4.30. The van der Waals surface area contributed by atoms with Crippen molar-refractivity contribution in [2.24, 2.45) is 0 Å². The lowest BCUT2D eigenvalue weighted by molar-refractivity contribution is 0.412. The van der Waals surface area contributed by atoms with E-state index in [-0.39, 0.29) is 11.6 Å². The van der Waals surface area contributed by atoms with E-state index in [1.807, 2.05) is 37.6 Å². The van der Waals surface area contributed by atoms with Crippen molar-refractivity contribution in [2.45, 2.75) is 33.2 Å². The molecule has 1 aromatic rings. The predicted octanol–water partition coefficient (Wildman–Crippen LogP) is 1.84. The Bertz CT molecular complexity index is 405. The molecule has 0 aliphatic heterocycles. The highest BCUT2D eigenvalue weighted by molar-refractivity contribution is 5.18. The number of hydrogen-bond donors (Lipinski definition) is 0. The van der Waals surface area contributed by atoms with Gasteiger partial charge in [0.25, 0.3) is 5.56 Å². The molecule has 0 saturated carbocycles. The van der Waals surface area contributed by atoms with Crippen molar-refractivity contribution in [3.05, 3.63) is 33.7 Å². The summed E-state index contributed by atoms with van der Waals surface area (Å²) in [5.41, 5.74) is 2.20. The van der Waals surface area contributed by atoms with Gasteiger partial charge >= 0.3 is 0 Å². The fourth-order valence-corrected chi connectivity index (χ4v) is 1.69. The topological polar surface area (TPSA) is 25.2 Å². The van der Waals surface area contributed by atoms with E-state index >= 15 is 0 Å². The molecule has 16 heavy (non-hydrogen) atoms. The number of pyridine rings is 1. The van der Waals surface area contributed by atoms with Crippen LogP contribution in [0.5, 0.6) is 0 Å². The first-order valence-electron chi connectivity index (χ1n) is 5.78. The third-order valence-corrected chi connectivity index (χ3v) is 2.68. The second-order valence-corrected chi connectivity index (χ2v) is 4.89. The van der Waals surface area contributed by atoms with E-state index in [1.54, 1.807) is 0 Å². The molecule has 90 valence electrons. The van der Waals surface area contributed by atoms with Crippen molar-refractivity contribution in [1.82, 2.24) is 9.47 Å². The normalized spacial score (nSPS) is 11.4. The lowest BCUT2D eigenvalue weighted by Crippen LogP contribution is -2.25. The van der Waals surface area contributed by atoms with E-state index in [2.05, 4.69) is 19.0 Å². The van der Waals surface area contributed by atoms with Gasteiger partial charge in [-0.2, -0.15) is 0 Å². The van der Waals surface area contributed by atoms with Crippen LogP contribution in [-0.4, -0.2) is 30.1 Å². The molecule has 0 bridgehead atoms. The van der Waals surface area contributed by atoms with Gasteiger partial charge in [0.15, 0.2) is 0 Å². The molecule has 0 atom stereocenters. The molecule has 0 N–H and O–H groups in total. The van der Waals surface area contributed by atoms with Gasteiger partial charge < -0.3 is 9.47 Å². The zero-order chi connectivity index (χ0) is 12.3. The van der Waals surface area contributed by atoms with E-state index in [0.29, 0.717) is 0 Å². The molecule has 1 heterocycles. The Labute approximate surface area is 97.7 Å². The minimum absolute atomic E-state index is 0.128. The molecule has 1 aromatic heterocycles. The van der Waals surface area contributed by atoms with Gasteiger partial charge in [-0.1, -0.05) is 0 Å². The van der Waals surface area contributed by atoms with Crippen LogP contribution in [0.1, 0.15) is 31.0 Å². The van der Waals surface area contributed by atoms with E-state index in [1.165, 1.54) is 5.56 Å². The summed E-state index contributed by atoms with van der Waals surface area (Å²) in [6, 6.07) is 2.23. The molecule has 1 rings (SSSR count). The molecule has 0 saturated heterocycles. The number of rotatable bonds is 4. The van der Waals surface area contributed by atoms with Gasteiger partial charge in [-0.15, -0.1) is 0 Å². The summed E-state index contributed by atoms with van der Waals surface area (Å²) in [4.78, 5) is 14.0. The van der Waals surface area contributed by atoms with Crippen LogP contribution in [0.4, 0.5) is 0 Å². The molecule has 0 radical (unpaired) electrons. The summed E-state index contributed by atoms with van der Waals surface area (Å²) in [6.45, 7) is 6.98. The molecule has 0 aromatic carbocycles. The minimum atomic E-state index is 0.128. The number of aryl methyl sites for hydroxylation is 1. The molecule has 3 heteroatoms. The second kappa shape index (κ2) is 5.30. The zero-order valence-corrected chi connectivity index (χ0v) is 10.9. The fourth-order valence-electron chi connectivity index (χ4n) is 1.69. The van der Waals surface area contributed by atoms with Crippen molar-refractivity contribution >= 4 is 0 Å². The number of aromatic nitrogens is 1. The lowest BCUT2D eigenvalue weighted by Gasteiger charge is -2.14. The van der Waals surface area contributed by atoms with Crippen LogP contribution in [0.25, 0.3) is 0 Å². The second-order valence-electron chi connectivity index (χ2n) is 4.89. The Balaban J connectivity index is 3.00. The van der Waals surface area contributed by atoms with Crippen LogP contribution in [0.2, 0.25) is 0 Å². The summed E-state index contributed by atoms with van der Waals surface area (Å²) in [7, 11) is 4.12. The monoisotopic (exact) mass is 222 g/mol. The number of hydrogen-bond acceptors (Lipinski definition) is 2. The van der Waals surface area contributed by atoms with Gasteiger partial charge in [0.1, 0.15) is 0 Å². The Morgan fingerprint density at radius 2 is 2.00 bits per heavy atom. The Hall–Kier alpha value is -1.09. The van der Waals surface area contributed by atoms with Gasteiger partial charge in [0.2, 0.25) is 0 Å². The third-order valence-electron chi connectivity index (χ3n) is 2.68. The molecule has 0 fully saturated rings. The summed E-state index contributed by atoms with van der Waals surface area (Å²) >= 11 is 0. The fraction of sp³-hybridized carbons (Fsp3) is 0.615. The highest BCUT2D eigenvalue weighted by atomic mass is 16.1. The van der Waals surface area contributed by atoms with Crippen LogP contribution in [0.3, 0.4) is 0 Å². The maximum atomic E-state index is 11.9. The average molecular weight is 222 g/mol. The maximum Gasteiger partial charge on any atom is 0.253 e. The number of nitrogens with zero attached hydrogens (tertiary/aromatic N) is 2. The minimum Gasteiger partial charge on any atom is -0.313 e. The zero-order valence-electron chi connectivity index (χ0n) is 10.9. The standard InChI is InChI=1S/C13H22N2O/c1-10(2)15-9-12(6-7-14(4)5)8-11(3)13(15)16/h8-10H,6-7H2,1-5H3. The van der Waals surface area contributed by atoms with E-state index in [0.717, 1.165) is 18.5 Å². The number of likely N-dealkylation sites (N-methyl/N-ethyl adjacent to an activating group) is 1. The van der Waals surface area contributed by atoms with Crippen molar-refractivity contribution in [3.63, 3.8) is 0 Å². The third kappa shape index (κ3) is 3.20. The largest absolute Gasteiger partial charge is 0.313 e. The first kappa shape index (κ1) is 13.0. The first-order chi connectivity index (χ1) is 7.41. The summed E-state index contributed by atoms with van der Waals surface area (Å²) < 4.78 is 1.82. The van der Waals surface area contributed by atoms with E-state index < -0.39 is 0 Å². The smallest absolute Gasteiger partial charge is 0.253 e. The molecule has 0 spiro atoms. The Morgan fingerprint density at radius 3 is 2.50 bits per heavy atom. The highest BCUT2D eigenvalue weighted by Crippen LogP contribution is 2.06. The summed E-state index contributed by atoms with van der Waals surface area (Å²) in [6.07, 6.45) is 2.98. The predicted molar refractivity (Wildman–Crippen MR) is 68.1 cm³/mol. The van der Waals surface area contributed by atoms with Crippen LogP contribution in [0, 0.1) is 6.92 Å². The molecule has 0 unspecified atom stereocenters. The Morgan fingerprint density at radius 1 is 1.38 bits per heavy atom. The van der Waals surface area contributed by atoms with E-state index in [4.69, 9.17) is 0 Å². The van der Waals surface area contributed by atoms with Crippen molar-refractivity contribution in [1.29, 1.82) is 0 Å². The highest BCUT2D eigenvalue weighted by Gasteiger charge is 2.06. The molecular formula is C13H22N2O. The first-order valence-corrected chi connectivity index (χ1v) is 5.78. The van der Waals surface area contributed by atoms with Crippen LogP contribution in [-0.2, 0) is 6.42 Å². The van der Waals surface area contributed by atoms with Crippen molar-refractivity contribution in [2.75, 3.05) is 20.6 Å². The van der Waals surface area contributed by atoms with Crippen LogP contribution >= 0.6 is 0 Å². The van der Waals surface area contributed by atoms with Crippen molar-refractivity contribution < 1.29 is 0 Å². The van der Waals surface area contributed by atoms with Crippen LogP contribution in [0.15, 0.2) is 17.1 Å². The molecule has 0 amide bonds. The molecule has 0 aliphatic rings. The van der Waals surface area contributed by atoms with Gasteiger partial charge in [0, 0.05) is 24.3 Å². The van der Waals surface area contributed by atoms with Gasteiger partial charge in [-0.3, -0.25) is 4.79 Å². The van der Waals surface area contributed by atoms with Crippen molar-refractivity contribution in [3.8, 4) is 0 Å². The SMILES string of the molecule is Cc1cc(CCN(C)C)cn(C(C)C)c1=O. The van der Waals surface area contributed by atoms with Crippen LogP contribution < -0.4 is 5.56 Å². The average Bonchev–Trinajstić information content (AvgIpc) is 2.19. The summed E-state index contributed by atoms with van der Waals surface area (Å²) in [5.74, 6) is 0. The maximum absolute atomic E-state index is 11.9. The quantitative estimate of drug-likeness (QED) is 0.776. The summed E-state index contributed by atoms with van der Waals surface area (Å²) in [5, 5.41) is 0. The van der Waals surface area contributed by atoms with Gasteiger partial charge in [0.05, 0.1) is 0 Å². The van der Waals surface area contributed by atoms with Gasteiger partial charge in [-0.05, 0) is 52.9 Å². The van der Waals surface area contributed by atoms with E-state index in [9.17, 15) is 4.79 Å². The molecular weight excluding hydrogens is 200 g/mol. The molecule has 3 nitrogen and oxygen atoms in total. The van der Waals surface area contributed by atoms with Gasteiger partial charge in [-0.25, -0.2) is 0 Å². The molecule has 0 aliphatic carbocycles. The lowest BCUT2D eigenvalue weighted by atomic mass is 10.1.